The number of amides is 2. The summed E-state index contributed by atoms with van der Waals surface area (Å²) in [6.45, 7) is 2.07. The SMILES string of the molecule is CCOc1cc(C=C2SC(=Nc3ccccc3)N(C3CCCC3)C2=O)ccc1OCC(N)=O. The summed E-state index contributed by atoms with van der Waals surface area (Å²) < 4.78 is 11.1. The molecule has 7 nitrogen and oxygen atoms in total. The van der Waals surface area contributed by atoms with Crippen molar-refractivity contribution in [2.75, 3.05) is 13.2 Å². The van der Waals surface area contributed by atoms with Crippen LogP contribution in [0.1, 0.15) is 38.2 Å². The highest BCUT2D eigenvalue weighted by atomic mass is 32.2. The highest BCUT2D eigenvalue weighted by Crippen LogP contribution is 2.39. The van der Waals surface area contributed by atoms with Gasteiger partial charge in [-0.1, -0.05) is 37.1 Å². The number of hydrogen-bond acceptors (Lipinski definition) is 6. The average Bonchev–Trinajstić information content (AvgIpc) is 3.42. The number of nitrogens with zero attached hydrogens (tertiary/aromatic N) is 2. The monoisotopic (exact) mass is 465 g/mol. The van der Waals surface area contributed by atoms with Gasteiger partial charge >= 0.3 is 0 Å². The number of carbonyl (C=O) groups is 2. The highest BCUT2D eigenvalue weighted by molar-refractivity contribution is 8.18. The molecule has 0 unspecified atom stereocenters. The Hall–Kier alpha value is -3.26. The Morgan fingerprint density at radius 1 is 1.15 bits per heavy atom. The molecule has 1 heterocycles. The summed E-state index contributed by atoms with van der Waals surface area (Å²) >= 11 is 1.40. The number of rotatable bonds is 8. The topological polar surface area (TPSA) is 94.2 Å². The molecular weight excluding hydrogens is 438 g/mol. The second kappa shape index (κ2) is 10.6. The standard InChI is InChI=1S/C25H27N3O4S/c1-2-31-21-14-17(12-13-20(21)32-16-23(26)29)15-22-24(30)28(19-10-6-7-11-19)25(33-22)27-18-8-4-3-5-9-18/h3-5,8-9,12-15,19H,2,6-7,10-11,16H2,1H3,(H2,26,29). The van der Waals surface area contributed by atoms with Gasteiger partial charge in [-0.05, 0) is 67.4 Å². The lowest BCUT2D eigenvalue weighted by Gasteiger charge is -2.22. The van der Waals surface area contributed by atoms with Gasteiger partial charge in [-0.2, -0.15) is 0 Å². The summed E-state index contributed by atoms with van der Waals surface area (Å²) in [5.74, 6) is 0.346. The van der Waals surface area contributed by atoms with Crippen LogP contribution in [0, 0.1) is 0 Å². The first-order valence-electron chi connectivity index (χ1n) is 11.1. The molecule has 2 amide bonds. The second-order valence-electron chi connectivity index (χ2n) is 7.85. The summed E-state index contributed by atoms with van der Waals surface area (Å²) in [6, 6.07) is 15.2. The first kappa shape index (κ1) is 22.9. The van der Waals surface area contributed by atoms with Gasteiger partial charge in [0, 0.05) is 6.04 Å². The van der Waals surface area contributed by atoms with Crippen molar-refractivity contribution in [3.05, 3.63) is 59.0 Å². The number of primary amides is 1. The predicted molar refractivity (Wildman–Crippen MR) is 131 cm³/mol. The lowest BCUT2D eigenvalue weighted by atomic mass is 10.1. The van der Waals surface area contributed by atoms with Crippen LogP contribution in [0.25, 0.3) is 6.08 Å². The fourth-order valence-corrected chi connectivity index (χ4v) is 5.02. The molecule has 1 saturated heterocycles. The minimum atomic E-state index is -0.561. The molecule has 1 aliphatic heterocycles. The van der Waals surface area contributed by atoms with E-state index in [9.17, 15) is 9.59 Å². The molecule has 4 rings (SSSR count). The maximum atomic E-state index is 13.4. The molecule has 2 fully saturated rings. The smallest absolute Gasteiger partial charge is 0.267 e. The van der Waals surface area contributed by atoms with Gasteiger partial charge in [0.15, 0.2) is 23.3 Å². The predicted octanol–water partition coefficient (Wildman–Crippen LogP) is 4.50. The lowest BCUT2D eigenvalue weighted by molar-refractivity contribution is -0.123. The molecule has 172 valence electrons. The number of amidine groups is 1. The van der Waals surface area contributed by atoms with Gasteiger partial charge in [-0.15, -0.1) is 0 Å². The minimum Gasteiger partial charge on any atom is -0.490 e. The van der Waals surface area contributed by atoms with Gasteiger partial charge in [-0.3, -0.25) is 14.5 Å². The summed E-state index contributed by atoms with van der Waals surface area (Å²) in [6.07, 6.45) is 6.09. The van der Waals surface area contributed by atoms with Crippen LogP contribution >= 0.6 is 11.8 Å². The first-order valence-corrected chi connectivity index (χ1v) is 11.9. The van der Waals surface area contributed by atoms with E-state index in [2.05, 4.69) is 0 Å². The first-order chi connectivity index (χ1) is 16.0. The van der Waals surface area contributed by atoms with Crippen LogP contribution in [0.5, 0.6) is 11.5 Å². The molecule has 0 bridgehead atoms. The van der Waals surface area contributed by atoms with Crippen LogP contribution in [0.2, 0.25) is 0 Å². The van der Waals surface area contributed by atoms with Crippen LogP contribution in [0.3, 0.4) is 0 Å². The molecule has 2 aromatic rings. The van der Waals surface area contributed by atoms with Crippen molar-refractivity contribution in [3.8, 4) is 11.5 Å². The minimum absolute atomic E-state index is 0.0198. The molecule has 0 spiro atoms. The fraction of sp³-hybridized carbons (Fsp3) is 0.320. The maximum absolute atomic E-state index is 13.4. The molecule has 0 radical (unpaired) electrons. The summed E-state index contributed by atoms with van der Waals surface area (Å²) in [7, 11) is 0. The van der Waals surface area contributed by atoms with Crippen LogP contribution in [-0.4, -0.2) is 41.1 Å². The van der Waals surface area contributed by atoms with E-state index in [4.69, 9.17) is 20.2 Å². The number of hydrogen-bond donors (Lipinski definition) is 1. The molecule has 2 aliphatic rings. The van der Waals surface area contributed by atoms with Crippen LogP contribution in [-0.2, 0) is 9.59 Å². The van der Waals surface area contributed by atoms with Crippen molar-refractivity contribution in [2.45, 2.75) is 38.6 Å². The van der Waals surface area contributed by atoms with Gasteiger partial charge in [-0.25, -0.2) is 4.99 Å². The average molecular weight is 466 g/mol. The Bertz CT molecular complexity index is 1080. The van der Waals surface area contributed by atoms with E-state index in [1.807, 2.05) is 54.3 Å². The van der Waals surface area contributed by atoms with Crippen LogP contribution in [0.4, 0.5) is 5.69 Å². The molecule has 2 aromatic carbocycles. The Labute approximate surface area is 197 Å². The van der Waals surface area contributed by atoms with Crippen LogP contribution < -0.4 is 15.2 Å². The molecule has 1 aliphatic carbocycles. The van der Waals surface area contributed by atoms with E-state index in [-0.39, 0.29) is 18.6 Å². The molecular formula is C25H27N3O4S. The molecule has 33 heavy (non-hydrogen) atoms. The van der Waals surface area contributed by atoms with Gasteiger partial charge in [0.1, 0.15) is 0 Å². The molecule has 2 N–H and O–H groups in total. The molecule has 1 saturated carbocycles. The quantitative estimate of drug-likeness (QED) is 0.580. The van der Waals surface area contributed by atoms with Crippen molar-refractivity contribution in [3.63, 3.8) is 0 Å². The Morgan fingerprint density at radius 2 is 1.91 bits per heavy atom. The van der Waals surface area contributed by atoms with E-state index in [0.29, 0.717) is 23.0 Å². The van der Waals surface area contributed by atoms with E-state index in [1.54, 1.807) is 12.1 Å². The Kier molecular flexibility index (Phi) is 7.34. The Balaban J connectivity index is 1.64. The van der Waals surface area contributed by atoms with Crippen molar-refractivity contribution < 1.29 is 19.1 Å². The van der Waals surface area contributed by atoms with E-state index in [0.717, 1.165) is 42.1 Å². The number of carbonyl (C=O) groups excluding carboxylic acids is 2. The third-order valence-corrected chi connectivity index (χ3v) is 6.43. The van der Waals surface area contributed by atoms with E-state index >= 15 is 0 Å². The number of nitrogens with two attached hydrogens (primary N) is 1. The maximum Gasteiger partial charge on any atom is 0.267 e. The molecule has 8 heteroatoms. The zero-order valence-electron chi connectivity index (χ0n) is 18.5. The van der Waals surface area contributed by atoms with Crippen LogP contribution in [0.15, 0.2) is 58.4 Å². The normalized spacial score (nSPS) is 18.9. The summed E-state index contributed by atoms with van der Waals surface area (Å²) in [5, 5.41) is 0.718. The van der Waals surface area contributed by atoms with E-state index in [1.165, 1.54) is 11.8 Å². The fourth-order valence-electron chi connectivity index (χ4n) is 3.96. The van der Waals surface area contributed by atoms with Crippen molar-refractivity contribution in [2.24, 2.45) is 10.7 Å². The van der Waals surface area contributed by atoms with Crippen molar-refractivity contribution >= 4 is 40.5 Å². The number of benzene rings is 2. The van der Waals surface area contributed by atoms with Gasteiger partial charge in [0.2, 0.25) is 0 Å². The van der Waals surface area contributed by atoms with Gasteiger partial charge in [0.05, 0.1) is 17.2 Å². The third kappa shape index (κ3) is 5.57. The van der Waals surface area contributed by atoms with Gasteiger partial charge < -0.3 is 15.2 Å². The summed E-state index contributed by atoms with van der Waals surface area (Å²) in [5.41, 5.74) is 6.81. The number of aliphatic imine (C=N–C) groups is 1. The van der Waals surface area contributed by atoms with Crippen molar-refractivity contribution in [1.29, 1.82) is 0 Å². The zero-order valence-corrected chi connectivity index (χ0v) is 19.3. The highest BCUT2D eigenvalue weighted by Gasteiger charge is 2.39. The third-order valence-electron chi connectivity index (χ3n) is 5.44. The molecule has 0 aromatic heterocycles. The molecule has 0 atom stereocenters. The Morgan fingerprint density at radius 3 is 2.61 bits per heavy atom. The largest absolute Gasteiger partial charge is 0.490 e. The van der Waals surface area contributed by atoms with Gasteiger partial charge in [0.25, 0.3) is 11.8 Å². The second-order valence-corrected chi connectivity index (χ2v) is 8.86. The number of thioether (sulfide) groups is 1. The zero-order chi connectivity index (χ0) is 23.2. The lowest BCUT2D eigenvalue weighted by Crippen LogP contribution is -2.37. The van der Waals surface area contributed by atoms with E-state index < -0.39 is 5.91 Å². The number of ether oxygens (including phenoxy) is 2. The number of para-hydroxylation sites is 1. The van der Waals surface area contributed by atoms with Crippen molar-refractivity contribution in [1.82, 2.24) is 4.90 Å². The summed E-state index contributed by atoms with van der Waals surface area (Å²) in [4.78, 5) is 31.7.